The van der Waals surface area contributed by atoms with Crippen molar-refractivity contribution < 1.29 is 9.53 Å². The highest BCUT2D eigenvalue weighted by Gasteiger charge is 2.04. The van der Waals surface area contributed by atoms with Gasteiger partial charge < -0.3 is 14.6 Å². The molecule has 0 radical (unpaired) electrons. The second-order valence-electron chi connectivity index (χ2n) is 4.21. The van der Waals surface area contributed by atoms with Crippen molar-refractivity contribution in [2.24, 2.45) is 0 Å². The monoisotopic (exact) mass is 258 g/mol. The van der Waals surface area contributed by atoms with E-state index < -0.39 is 0 Å². The largest absolute Gasteiger partial charge is 0.465 e. The molecular formula is C15H18N2O2. The molecule has 19 heavy (non-hydrogen) atoms. The Bertz CT molecular complexity index is 544. The zero-order chi connectivity index (χ0) is 13.7. The van der Waals surface area contributed by atoms with Gasteiger partial charge in [0.1, 0.15) is 0 Å². The lowest BCUT2D eigenvalue weighted by atomic mass is 10.2. The number of benzene rings is 1. The fraction of sp³-hybridized carbons (Fsp3) is 0.267. The predicted molar refractivity (Wildman–Crippen MR) is 75.2 cm³/mol. The number of esters is 1. The number of carbonyl (C=O) groups is 1. The lowest BCUT2D eigenvalue weighted by molar-refractivity contribution is 0.0601. The molecule has 0 amide bonds. The van der Waals surface area contributed by atoms with Crippen LogP contribution in [0.15, 0.2) is 42.6 Å². The summed E-state index contributed by atoms with van der Waals surface area (Å²) in [5, 5.41) is 3.33. The van der Waals surface area contributed by atoms with Gasteiger partial charge in [-0.25, -0.2) is 4.79 Å². The average Bonchev–Trinajstić information content (AvgIpc) is 2.92. The number of nitrogens with one attached hydrogen (secondary N) is 1. The Hall–Kier alpha value is -2.23. The van der Waals surface area contributed by atoms with Gasteiger partial charge in [0.2, 0.25) is 0 Å². The number of anilines is 1. The molecule has 0 aliphatic rings. The molecule has 1 aromatic carbocycles. The molecule has 0 fully saturated rings. The minimum atomic E-state index is -0.314. The molecule has 1 N–H and O–H groups in total. The quantitative estimate of drug-likeness (QED) is 0.839. The van der Waals surface area contributed by atoms with E-state index in [2.05, 4.69) is 33.8 Å². The number of hydrogen-bond donors (Lipinski definition) is 1. The number of carbonyl (C=O) groups excluding carboxylic acids is 1. The van der Waals surface area contributed by atoms with Crippen LogP contribution in [-0.4, -0.2) is 17.6 Å². The van der Waals surface area contributed by atoms with Gasteiger partial charge in [0.25, 0.3) is 0 Å². The van der Waals surface area contributed by atoms with Crippen molar-refractivity contribution in [1.82, 2.24) is 4.57 Å². The third kappa shape index (κ3) is 3.16. The van der Waals surface area contributed by atoms with Gasteiger partial charge in [-0.3, -0.25) is 0 Å². The van der Waals surface area contributed by atoms with Crippen LogP contribution in [0.2, 0.25) is 0 Å². The first-order chi connectivity index (χ1) is 9.24. The Morgan fingerprint density at radius 2 is 2.00 bits per heavy atom. The second kappa shape index (κ2) is 6.09. The fourth-order valence-electron chi connectivity index (χ4n) is 1.95. The van der Waals surface area contributed by atoms with Gasteiger partial charge in [-0.05, 0) is 43.3 Å². The molecule has 0 aliphatic carbocycles. The van der Waals surface area contributed by atoms with Gasteiger partial charge in [-0.15, -0.1) is 0 Å². The van der Waals surface area contributed by atoms with E-state index in [1.54, 1.807) is 12.1 Å². The van der Waals surface area contributed by atoms with Crippen LogP contribution in [-0.2, 0) is 17.8 Å². The summed E-state index contributed by atoms with van der Waals surface area (Å²) in [6.45, 7) is 3.85. The van der Waals surface area contributed by atoms with E-state index in [9.17, 15) is 4.79 Å². The van der Waals surface area contributed by atoms with Gasteiger partial charge in [0.05, 0.1) is 19.2 Å². The normalized spacial score (nSPS) is 10.2. The Kier molecular flexibility index (Phi) is 4.23. The zero-order valence-corrected chi connectivity index (χ0v) is 11.2. The maximum atomic E-state index is 11.3. The van der Waals surface area contributed by atoms with Gasteiger partial charge in [0, 0.05) is 24.1 Å². The number of methoxy groups -OCH3 is 1. The molecule has 0 bridgehead atoms. The highest BCUT2D eigenvalue weighted by atomic mass is 16.5. The minimum Gasteiger partial charge on any atom is -0.465 e. The molecule has 2 aromatic rings. The van der Waals surface area contributed by atoms with Crippen LogP contribution in [0.4, 0.5) is 5.69 Å². The number of nitrogens with zero attached hydrogens (tertiary/aromatic N) is 1. The second-order valence-corrected chi connectivity index (χ2v) is 4.21. The maximum Gasteiger partial charge on any atom is 0.337 e. The van der Waals surface area contributed by atoms with Gasteiger partial charge in [-0.1, -0.05) is 0 Å². The molecule has 0 atom stereocenters. The first kappa shape index (κ1) is 13.2. The summed E-state index contributed by atoms with van der Waals surface area (Å²) in [5.41, 5.74) is 2.78. The number of rotatable bonds is 5. The van der Waals surface area contributed by atoms with Crippen LogP contribution in [0, 0.1) is 0 Å². The molecule has 100 valence electrons. The van der Waals surface area contributed by atoms with Crippen molar-refractivity contribution in [2.75, 3.05) is 12.4 Å². The molecule has 1 heterocycles. The van der Waals surface area contributed by atoms with Crippen LogP contribution in [0.3, 0.4) is 0 Å². The average molecular weight is 258 g/mol. The van der Waals surface area contributed by atoms with Crippen LogP contribution in [0.5, 0.6) is 0 Å². The molecule has 0 saturated carbocycles. The first-order valence-electron chi connectivity index (χ1n) is 6.31. The number of aryl methyl sites for hydroxylation is 1. The fourth-order valence-corrected chi connectivity index (χ4v) is 1.95. The summed E-state index contributed by atoms with van der Waals surface area (Å²) in [5.74, 6) is -0.314. The smallest absolute Gasteiger partial charge is 0.337 e. The Balaban J connectivity index is 1.98. The number of ether oxygens (including phenoxy) is 1. The minimum absolute atomic E-state index is 0.314. The van der Waals surface area contributed by atoms with Gasteiger partial charge >= 0.3 is 5.97 Å². The van der Waals surface area contributed by atoms with Crippen molar-refractivity contribution >= 4 is 11.7 Å². The molecule has 0 aliphatic heterocycles. The van der Waals surface area contributed by atoms with Gasteiger partial charge in [-0.2, -0.15) is 0 Å². The van der Waals surface area contributed by atoms with E-state index in [1.165, 1.54) is 12.8 Å². The van der Waals surface area contributed by atoms with Crippen LogP contribution < -0.4 is 5.32 Å². The first-order valence-corrected chi connectivity index (χ1v) is 6.31. The highest BCUT2D eigenvalue weighted by Crippen LogP contribution is 2.12. The van der Waals surface area contributed by atoms with Crippen molar-refractivity contribution in [1.29, 1.82) is 0 Å². The topological polar surface area (TPSA) is 43.3 Å². The van der Waals surface area contributed by atoms with Crippen molar-refractivity contribution in [3.63, 3.8) is 0 Å². The molecular weight excluding hydrogens is 240 g/mol. The molecule has 1 aromatic heterocycles. The summed E-state index contributed by atoms with van der Waals surface area (Å²) in [4.78, 5) is 11.3. The van der Waals surface area contributed by atoms with Crippen molar-refractivity contribution in [3.8, 4) is 0 Å². The molecule has 0 saturated heterocycles. The van der Waals surface area contributed by atoms with E-state index in [0.717, 1.165) is 18.8 Å². The van der Waals surface area contributed by atoms with Crippen molar-refractivity contribution in [2.45, 2.75) is 20.0 Å². The Labute approximate surface area is 113 Å². The van der Waals surface area contributed by atoms with E-state index in [0.29, 0.717) is 5.56 Å². The SMILES string of the molecule is CCn1cccc1CNc1ccc(C(=O)OC)cc1. The summed E-state index contributed by atoms with van der Waals surface area (Å²) in [6.07, 6.45) is 2.07. The van der Waals surface area contributed by atoms with E-state index >= 15 is 0 Å². The molecule has 2 rings (SSSR count). The number of aromatic nitrogens is 1. The third-order valence-electron chi connectivity index (χ3n) is 3.04. The van der Waals surface area contributed by atoms with Crippen LogP contribution in [0.25, 0.3) is 0 Å². The van der Waals surface area contributed by atoms with Crippen LogP contribution >= 0.6 is 0 Å². The molecule has 0 unspecified atom stereocenters. The van der Waals surface area contributed by atoms with Crippen molar-refractivity contribution in [3.05, 3.63) is 53.9 Å². The summed E-state index contributed by atoms with van der Waals surface area (Å²) in [7, 11) is 1.38. The van der Waals surface area contributed by atoms with Crippen LogP contribution in [0.1, 0.15) is 23.0 Å². The third-order valence-corrected chi connectivity index (χ3v) is 3.04. The van der Waals surface area contributed by atoms with E-state index in [-0.39, 0.29) is 5.97 Å². The Morgan fingerprint density at radius 3 is 2.63 bits per heavy atom. The van der Waals surface area contributed by atoms with E-state index in [1.807, 2.05) is 18.2 Å². The van der Waals surface area contributed by atoms with Gasteiger partial charge in [0.15, 0.2) is 0 Å². The number of hydrogen-bond acceptors (Lipinski definition) is 3. The standard InChI is InChI=1S/C15H18N2O2/c1-3-17-10-4-5-14(17)11-16-13-8-6-12(7-9-13)15(18)19-2/h4-10,16H,3,11H2,1-2H3. The predicted octanol–water partition coefficient (Wildman–Crippen LogP) is 2.91. The summed E-state index contributed by atoms with van der Waals surface area (Å²) >= 11 is 0. The molecule has 4 nitrogen and oxygen atoms in total. The Morgan fingerprint density at radius 1 is 1.26 bits per heavy atom. The summed E-state index contributed by atoms with van der Waals surface area (Å²) < 4.78 is 6.85. The maximum absolute atomic E-state index is 11.3. The summed E-state index contributed by atoms with van der Waals surface area (Å²) in [6, 6.07) is 11.4. The molecule has 4 heteroatoms. The lowest BCUT2D eigenvalue weighted by Crippen LogP contribution is -2.06. The lowest BCUT2D eigenvalue weighted by Gasteiger charge is -2.09. The van der Waals surface area contributed by atoms with E-state index in [4.69, 9.17) is 0 Å². The zero-order valence-electron chi connectivity index (χ0n) is 11.2. The highest BCUT2D eigenvalue weighted by molar-refractivity contribution is 5.89. The molecule has 0 spiro atoms.